The number of anilines is 2. The molecule has 1 aliphatic rings. The van der Waals surface area contributed by atoms with E-state index in [1.165, 1.54) is 42.5 Å². The smallest absolute Gasteiger partial charge is 0.335 e. The van der Waals surface area contributed by atoms with Crippen LogP contribution in [-0.4, -0.2) is 69.6 Å². The Morgan fingerprint density at radius 2 is 1.56 bits per heavy atom. The first-order chi connectivity index (χ1) is 21.4. The largest absolute Gasteiger partial charge is 0.478 e. The number of aromatic amines is 1. The predicted octanol–water partition coefficient (Wildman–Crippen LogP) is 4.68. The molecule has 4 aromatic rings. The van der Waals surface area contributed by atoms with Crippen molar-refractivity contribution in [3.63, 3.8) is 0 Å². The zero-order chi connectivity index (χ0) is 32.3. The second kappa shape index (κ2) is 12.6. The molecule has 5 rings (SSSR count). The number of carbonyl (C=O) groups is 4. The summed E-state index contributed by atoms with van der Waals surface area (Å²) in [5.41, 5.74) is 2.72. The second-order valence-electron chi connectivity index (χ2n) is 11.6. The van der Waals surface area contributed by atoms with E-state index in [1.54, 1.807) is 11.0 Å². The molecule has 0 radical (unpaired) electrons. The van der Waals surface area contributed by atoms with Crippen molar-refractivity contribution in [2.45, 2.75) is 32.0 Å². The molecule has 0 aliphatic carbocycles. The van der Waals surface area contributed by atoms with Crippen molar-refractivity contribution < 1.29 is 24.3 Å². The van der Waals surface area contributed by atoms with E-state index in [0.29, 0.717) is 34.7 Å². The summed E-state index contributed by atoms with van der Waals surface area (Å²) >= 11 is 0. The monoisotopic (exact) mass is 609 g/mol. The van der Waals surface area contributed by atoms with Crippen LogP contribution in [0, 0.1) is 0 Å². The SMILES string of the molecule is CN(C)C[C@@H](NC(=O)N1Cc2c(NC(=O)c3ccc(C(=O)Nc4cccc(C(=O)O)c4)cc3)n[nH]c2C1(C)C)c1ccccc1. The molecule has 45 heavy (non-hydrogen) atoms. The Labute approximate surface area is 260 Å². The summed E-state index contributed by atoms with van der Waals surface area (Å²) in [5.74, 6) is -1.65. The molecule has 0 bridgehead atoms. The van der Waals surface area contributed by atoms with Gasteiger partial charge < -0.3 is 30.9 Å². The highest BCUT2D eigenvalue weighted by Gasteiger charge is 2.44. The van der Waals surface area contributed by atoms with E-state index in [9.17, 15) is 19.2 Å². The third-order valence-corrected chi connectivity index (χ3v) is 7.77. The Bertz CT molecular complexity index is 1730. The number of benzene rings is 3. The van der Waals surface area contributed by atoms with Gasteiger partial charge >= 0.3 is 12.0 Å². The maximum absolute atomic E-state index is 13.6. The summed E-state index contributed by atoms with van der Waals surface area (Å²) in [6, 6.07) is 21.3. The van der Waals surface area contributed by atoms with Crippen LogP contribution in [0.4, 0.5) is 16.3 Å². The minimum absolute atomic E-state index is 0.0533. The van der Waals surface area contributed by atoms with Crippen molar-refractivity contribution >= 4 is 35.3 Å². The number of carboxylic acid groups (broad SMARTS) is 1. The highest BCUT2D eigenvalue weighted by atomic mass is 16.4. The first-order valence-corrected chi connectivity index (χ1v) is 14.4. The molecule has 1 atom stereocenters. The van der Waals surface area contributed by atoms with E-state index in [2.05, 4.69) is 26.1 Å². The van der Waals surface area contributed by atoms with Crippen LogP contribution in [0.25, 0.3) is 0 Å². The lowest BCUT2D eigenvalue weighted by molar-refractivity contribution is 0.0696. The van der Waals surface area contributed by atoms with Gasteiger partial charge in [-0.3, -0.25) is 14.7 Å². The quantitative estimate of drug-likeness (QED) is 0.184. The standard InChI is InChI=1S/C33H35N7O5/c1-33(2)27-25(18-40(33)32(45)35-26(19-39(3)4)20-9-6-5-7-10-20)28(38-37-27)36-30(42)22-15-13-21(14-16-22)29(41)34-24-12-8-11-23(17-24)31(43)44/h5-17,26H,18-19H2,1-4H3,(H,34,41)(H,35,45)(H,43,44)(H2,36,37,38,42)/t26-/m1/s1. The van der Waals surface area contributed by atoms with Gasteiger partial charge in [0.1, 0.15) is 0 Å². The number of nitrogens with zero attached hydrogens (tertiary/aromatic N) is 3. The Hall–Kier alpha value is -5.49. The number of aromatic carboxylic acids is 1. The van der Waals surface area contributed by atoms with E-state index in [0.717, 1.165) is 11.3 Å². The Kier molecular flexibility index (Phi) is 8.68. The fourth-order valence-corrected chi connectivity index (χ4v) is 5.34. The van der Waals surface area contributed by atoms with Gasteiger partial charge in [0.15, 0.2) is 5.82 Å². The molecule has 0 unspecified atom stereocenters. The molecular weight excluding hydrogens is 574 g/mol. The van der Waals surface area contributed by atoms with Gasteiger partial charge in [0.05, 0.1) is 29.4 Å². The summed E-state index contributed by atoms with van der Waals surface area (Å²) in [5, 5.41) is 25.2. The second-order valence-corrected chi connectivity index (χ2v) is 11.6. The molecule has 12 nitrogen and oxygen atoms in total. The number of fused-ring (bicyclic) bond motifs is 1. The fourth-order valence-electron chi connectivity index (χ4n) is 5.34. The number of hydrogen-bond acceptors (Lipinski definition) is 6. The van der Waals surface area contributed by atoms with Gasteiger partial charge in [-0.25, -0.2) is 9.59 Å². The number of amides is 4. The van der Waals surface area contributed by atoms with Gasteiger partial charge in [-0.1, -0.05) is 36.4 Å². The molecule has 232 valence electrons. The molecule has 2 heterocycles. The molecule has 1 aromatic heterocycles. The van der Waals surface area contributed by atoms with Crippen LogP contribution < -0.4 is 16.0 Å². The highest BCUT2D eigenvalue weighted by Crippen LogP contribution is 2.40. The van der Waals surface area contributed by atoms with Gasteiger partial charge in [0.2, 0.25) is 0 Å². The Morgan fingerprint density at radius 1 is 0.911 bits per heavy atom. The van der Waals surface area contributed by atoms with E-state index in [-0.39, 0.29) is 24.2 Å². The minimum Gasteiger partial charge on any atom is -0.478 e. The molecule has 5 N–H and O–H groups in total. The molecule has 4 amide bonds. The highest BCUT2D eigenvalue weighted by molar-refractivity contribution is 6.07. The lowest BCUT2D eigenvalue weighted by Crippen LogP contribution is -2.48. The van der Waals surface area contributed by atoms with Gasteiger partial charge in [-0.2, -0.15) is 5.10 Å². The zero-order valence-electron chi connectivity index (χ0n) is 25.4. The van der Waals surface area contributed by atoms with E-state index < -0.39 is 23.3 Å². The van der Waals surface area contributed by atoms with Crippen molar-refractivity contribution in [1.29, 1.82) is 0 Å². The predicted molar refractivity (Wildman–Crippen MR) is 169 cm³/mol. The average molecular weight is 610 g/mol. The van der Waals surface area contributed by atoms with Crippen LogP contribution in [0.3, 0.4) is 0 Å². The molecule has 0 saturated heterocycles. The van der Waals surface area contributed by atoms with Gasteiger partial charge in [-0.15, -0.1) is 0 Å². The Morgan fingerprint density at radius 3 is 2.18 bits per heavy atom. The Balaban J connectivity index is 1.25. The molecule has 1 aliphatic heterocycles. The van der Waals surface area contributed by atoms with Crippen LogP contribution in [0.2, 0.25) is 0 Å². The van der Waals surface area contributed by atoms with Gasteiger partial charge in [-0.05, 0) is 76.0 Å². The average Bonchev–Trinajstić information content (AvgIpc) is 3.54. The van der Waals surface area contributed by atoms with Crippen molar-refractivity contribution in [2.24, 2.45) is 0 Å². The maximum atomic E-state index is 13.6. The molecular formula is C33H35N7O5. The lowest BCUT2D eigenvalue weighted by atomic mass is 10.0. The summed E-state index contributed by atoms with van der Waals surface area (Å²) in [7, 11) is 3.91. The van der Waals surface area contributed by atoms with Gasteiger partial charge in [0, 0.05) is 28.9 Å². The third kappa shape index (κ3) is 6.70. The number of H-pyrrole nitrogens is 1. The number of nitrogens with one attached hydrogen (secondary N) is 4. The van der Waals surface area contributed by atoms with Crippen LogP contribution in [0.1, 0.15) is 67.8 Å². The first-order valence-electron chi connectivity index (χ1n) is 14.4. The number of aromatic nitrogens is 2. The van der Waals surface area contributed by atoms with Crippen molar-refractivity contribution in [1.82, 2.24) is 25.3 Å². The van der Waals surface area contributed by atoms with Gasteiger partial charge in [0.25, 0.3) is 11.8 Å². The molecule has 0 saturated carbocycles. The molecule has 0 fully saturated rings. The molecule has 0 spiro atoms. The summed E-state index contributed by atoms with van der Waals surface area (Å²) in [4.78, 5) is 54.4. The van der Waals surface area contributed by atoms with Crippen molar-refractivity contribution in [3.05, 3.63) is 112 Å². The summed E-state index contributed by atoms with van der Waals surface area (Å²) in [6.45, 7) is 4.71. The van der Waals surface area contributed by atoms with Crippen LogP contribution in [0.15, 0.2) is 78.9 Å². The molecule has 12 heteroatoms. The topological polar surface area (TPSA) is 160 Å². The number of likely N-dealkylation sites (N-methyl/N-ethyl adjacent to an activating group) is 1. The van der Waals surface area contributed by atoms with Crippen molar-refractivity contribution in [2.75, 3.05) is 31.3 Å². The number of carbonyl (C=O) groups excluding carboxylic acids is 3. The van der Waals surface area contributed by atoms with E-state index in [4.69, 9.17) is 5.11 Å². The number of urea groups is 1. The number of carboxylic acids is 1. The fraction of sp³-hybridized carbons (Fsp3) is 0.242. The van der Waals surface area contributed by atoms with E-state index in [1.807, 2.05) is 63.2 Å². The van der Waals surface area contributed by atoms with E-state index >= 15 is 0 Å². The minimum atomic E-state index is -1.10. The number of rotatable bonds is 9. The zero-order valence-corrected chi connectivity index (χ0v) is 25.4. The molecule has 3 aromatic carbocycles. The lowest BCUT2D eigenvalue weighted by Gasteiger charge is -2.34. The van der Waals surface area contributed by atoms with Crippen LogP contribution >= 0.6 is 0 Å². The first kappa shape index (κ1) is 31.0. The normalized spacial score (nSPS) is 14.0. The number of hydrogen-bond donors (Lipinski definition) is 5. The maximum Gasteiger partial charge on any atom is 0.335 e. The summed E-state index contributed by atoms with van der Waals surface area (Å²) in [6.07, 6.45) is 0. The van der Waals surface area contributed by atoms with Crippen LogP contribution in [0.5, 0.6) is 0 Å². The third-order valence-electron chi connectivity index (χ3n) is 7.77. The van der Waals surface area contributed by atoms with Crippen molar-refractivity contribution in [3.8, 4) is 0 Å². The summed E-state index contributed by atoms with van der Waals surface area (Å²) < 4.78 is 0. The van der Waals surface area contributed by atoms with Crippen LogP contribution in [-0.2, 0) is 12.1 Å².